The van der Waals surface area contributed by atoms with E-state index in [1.807, 2.05) is 27.7 Å². The minimum atomic E-state index is -3.88. The molecule has 3 aliphatic carbocycles. The number of fused-ring (bicyclic) bond motifs is 2. The number of Topliss-reactive ketones (excluding diaryl/α,β-unsaturated/α-hetero) is 1. The highest BCUT2D eigenvalue weighted by molar-refractivity contribution is 7.90. The van der Waals surface area contributed by atoms with Crippen molar-refractivity contribution in [3.63, 3.8) is 0 Å². The van der Waals surface area contributed by atoms with Crippen LogP contribution in [0.3, 0.4) is 0 Å². The van der Waals surface area contributed by atoms with Gasteiger partial charge in [0.25, 0.3) is 0 Å². The Bertz CT molecular complexity index is 789. The van der Waals surface area contributed by atoms with Gasteiger partial charge in [0.2, 0.25) is 15.9 Å². The molecule has 1 amide bonds. The first-order valence-corrected chi connectivity index (χ1v) is 11.7. The summed E-state index contributed by atoms with van der Waals surface area (Å²) in [5.74, 6) is -0.347. The van der Waals surface area contributed by atoms with Gasteiger partial charge in [0.15, 0.2) is 0 Å². The minimum Gasteiger partial charge on any atom is -0.299 e. The van der Waals surface area contributed by atoms with Crippen LogP contribution in [0.4, 0.5) is 0 Å². The molecule has 3 rings (SSSR count). The largest absolute Gasteiger partial charge is 0.299 e. The number of sulfonamides is 1. The predicted octanol–water partition coefficient (Wildman–Crippen LogP) is 3.68. The summed E-state index contributed by atoms with van der Waals surface area (Å²) in [5, 5.41) is 0. The molecule has 3 unspecified atom stereocenters. The van der Waals surface area contributed by atoms with E-state index in [0.29, 0.717) is 25.7 Å². The number of carbonyl (C=O) groups excluding carboxylic acids is 2. The molecule has 6 heteroatoms. The minimum absolute atomic E-state index is 0.0535. The third kappa shape index (κ3) is 3.06. The van der Waals surface area contributed by atoms with Gasteiger partial charge in [-0.05, 0) is 47.8 Å². The molecule has 0 aromatic heterocycles. The summed E-state index contributed by atoms with van der Waals surface area (Å²) in [4.78, 5) is 25.7. The molecular formula is C21H35NO4S. The first kappa shape index (κ1) is 20.8. The SMILES string of the molecule is CC(C)(C)CC1(C(=O)NS(=O)(=O)CC23CCC(CC2=O)C3(C)C)CC1(C)C. The van der Waals surface area contributed by atoms with Crippen molar-refractivity contribution in [3.8, 4) is 0 Å². The molecule has 0 saturated heterocycles. The molecule has 0 radical (unpaired) electrons. The molecule has 27 heavy (non-hydrogen) atoms. The quantitative estimate of drug-likeness (QED) is 0.767. The molecule has 3 atom stereocenters. The third-order valence-corrected chi connectivity index (χ3v) is 9.37. The molecule has 0 spiro atoms. The second-order valence-corrected chi connectivity index (χ2v) is 13.5. The van der Waals surface area contributed by atoms with E-state index in [0.717, 1.165) is 6.42 Å². The van der Waals surface area contributed by atoms with Gasteiger partial charge in [-0.2, -0.15) is 0 Å². The summed E-state index contributed by atoms with van der Waals surface area (Å²) in [7, 11) is -3.88. The lowest BCUT2D eigenvalue weighted by Gasteiger charge is -2.36. The fourth-order valence-corrected chi connectivity index (χ4v) is 7.97. The van der Waals surface area contributed by atoms with Crippen LogP contribution < -0.4 is 4.72 Å². The molecule has 0 aromatic rings. The molecule has 2 bridgehead atoms. The molecule has 1 N–H and O–H groups in total. The normalized spacial score (nSPS) is 36.7. The number of carbonyl (C=O) groups is 2. The van der Waals surface area contributed by atoms with Crippen molar-refractivity contribution in [3.05, 3.63) is 0 Å². The molecule has 0 heterocycles. The molecule has 0 aromatic carbocycles. The standard InChI is InChI=1S/C21H35NO4S/c1-17(2,3)11-21(12-18(21,4)5)16(24)22-27(25,26)13-20-9-8-14(10-15(20)23)19(20,6)7/h14H,8-13H2,1-7H3,(H,22,24). The lowest BCUT2D eigenvalue weighted by atomic mass is 9.70. The van der Waals surface area contributed by atoms with E-state index in [-0.39, 0.29) is 33.7 Å². The van der Waals surface area contributed by atoms with Gasteiger partial charge in [-0.25, -0.2) is 8.42 Å². The Morgan fingerprint density at radius 1 is 1.19 bits per heavy atom. The second kappa shape index (κ2) is 5.58. The average molecular weight is 398 g/mol. The number of hydrogen-bond acceptors (Lipinski definition) is 4. The molecule has 0 aliphatic heterocycles. The topological polar surface area (TPSA) is 80.3 Å². The van der Waals surface area contributed by atoms with Crippen LogP contribution in [-0.2, 0) is 19.6 Å². The maximum Gasteiger partial charge on any atom is 0.240 e. The van der Waals surface area contributed by atoms with Gasteiger partial charge in [-0.1, -0.05) is 48.5 Å². The van der Waals surface area contributed by atoms with E-state index >= 15 is 0 Å². The van der Waals surface area contributed by atoms with E-state index in [1.54, 1.807) is 0 Å². The summed E-state index contributed by atoms with van der Waals surface area (Å²) < 4.78 is 28.3. The zero-order valence-corrected chi connectivity index (χ0v) is 18.7. The highest BCUT2D eigenvalue weighted by Crippen LogP contribution is 2.68. The van der Waals surface area contributed by atoms with Crippen molar-refractivity contribution >= 4 is 21.7 Å². The molecule has 5 nitrogen and oxygen atoms in total. The highest BCUT2D eigenvalue weighted by Gasteiger charge is 2.68. The summed E-state index contributed by atoms with van der Waals surface area (Å²) in [6.07, 6.45) is 3.31. The van der Waals surface area contributed by atoms with Crippen LogP contribution in [0.2, 0.25) is 0 Å². The van der Waals surface area contributed by atoms with E-state index in [4.69, 9.17) is 0 Å². The Morgan fingerprint density at radius 2 is 1.74 bits per heavy atom. The number of rotatable bonds is 5. The Kier molecular flexibility index (Phi) is 4.30. The van der Waals surface area contributed by atoms with Crippen LogP contribution in [0.1, 0.15) is 80.6 Å². The first-order valence-electron chi connectivity index (χ1n) is 10.1. The van der Waals surface area contributed by atoms with Crippen LogP contribution in [0, 0.1) is 33.0 Å². The van der Waals surface area contributed by atoms with Gasteiger partial charge >= 0.3 is 0 Å². The fraction of sp³-hybridized carbons (Fsp3) is 0.905. The molecule has 154 valence electrons. The zero-order valence-electron chi connectivity index (χ0n) is 17.9. The van der Waals surface area contributed by atoms with E-state index in [9.17, 15) is 18.0 Å². The molecule has 3 fully saturated rings. The van der Waals surface area contributed by atoms with Gasteiger partial charge in [-0.3, -0.25) is 14.3 Å². The lowest BCUT2D eigenvalue weighted by Crippen LogP contribution is -2.48. The lowest BCUT2D eigenvalue weighted by molar-refractivity contribution is -0.129. The van der Waals surface area contributed by atoms with Crippen molar-refractivity contribution in [2.24, 2.45) is 33.0 Å². The predicted molar refractivity (Wildman–Crippen MR) is 105 cm³/mol. The van der Waals surface area contributed by atoms with Gasteiger partial charge in [0.1, 0.15) is 5.78 Å². The Labute approximate surface area is 164 Å². The summed E-state index contributed by atoms with van der Waals surface area (Å²) in [6, 6.07) is 0. The summed E-state index contributed by atoms with van der Waals surface area (Å²) >= 11 is 0. The number of amides is 1. The van der Waals surface area contributed by atoms with Gasteiger partial charge in [0, 0.05) is 6.42 Å². The number of ketones is 1. The van der Waals surface area contributed by atoms with Crippen LogP contribution in [0.15, 0.2) is 0 Å². The molecule has 3 aliphatic rings. The highest BCUT2D eigenvalue weighted by atomic mass is 32.2. The van der Waals surface area contributed by atoms with Crippen molar-refractivity contribution in [1.29, 1.82) is 0 Å². The maximum atomic E-state index is 13.1. The average Bonchev–Trinajstić information content (AvgIpc) is 2.83. The first-order chi connectivity index (χ1) is 12.0. The Balaban J connectivity index is 1.81. The van der Waals surface area contributed by atoms with Crippen molar-refractivity contribution in [1.82, 2.24) is 4.72 Å². The van der Waals surface area contributed by atoms with Gasteiger partial charge in [0.05, 0.1) is 16.6 Å². The van der Waals surface area contributed by atoms with Crippen LogP contribution in [-0.4, -0.2) is 25.9 Å². The zero-order chi connectivity index (χ0) is 20.7. The Morgan fingerprint density at radius 3 is 2.11 bits per heavy atom. The van der Waals surface area contributed by atoms with E-state index < -0.39 is 26.8 Å². The van der Waals surface area contributed by atoms with Crippen LogP contribution in [0.25, 0.3) is 0 Å². The monoisotopic (exact) mass is 397 g/mol. The van der Waals surface area contributed by atoms with Crippen molar-refractivity contribution in [2.45, 2.75) is 80.6 Å². The van der Waals surface area contributed by atoms with E-state index in [2.05, 4.69) is 25.5 Å². The van der Waals surface area contributed by atoms with Gasteiger partial charge in [-0.15, -0.1) is 0 Å². The third-order valence-electron chi connectivity index (χ3n) is 8.00. The smallest absolute Gasteiger partial charge is 0.240 e. The molecule has 3 saturated carbocycles. The summed E-state index contributed by atoms with van der Waals surface area (Å²) in [6.45, 7) is 14.3. The Hall–Kier alpha value is -0.910. The van der Waals surface area contributed by atoms with E-state index in [1.165, 1.54) is 0 Å². The second-order valence-electron chi connectivity index (χ2n) is 11.7. The molecular weight excluding hydrogens is 362 g/mol. The van der Waals surface area contributed by atoms with Crippen molar-refractivity contribution in [2.75, 3.05) is 5.75 Å². The van der Waals surface area contributed by atoms with Crippen LogP contribution >= 0.6 is 0 Å². The van der Waals surface area contributed by atoms with Crippen molar-refractivity contribution < 1.29 is 18.0 Å². The maximum absolute atomic E-state index is 13.1. The fourth-order valence-electron chi connectivity index (χ4n) is 6.09. The number of hydrogen-bond donors (Lipinski definition) is 1. The van der Waals surface area contributed by atoms with Crippen LogP contribution in [0.5, 0.6) is 0 Å². The number of nitrogens with one attached hydrogen (secondary N) is 1. The van der Waals surface area contributed by atoms with Gasteiger partial charge < -0.3 is 0 Å². The summed E-state index contributed by atoms with van der Waals surface area (Å²) in [5.41, 5.74) is -2.11.